The van der Waals surface area contributed by atoms with Gasteiger partial charge < -0.3 is 0 Å². The lowest BCUT2D eigenvalue weighted by Gasteiger charge is -1.96. The summed E-state index contributed by atoms with van der Waals surface area (Å²) in [5.74, 6) is 1.70. The van der Waals surface area contributed by atoms with Gasteiger partial charge in [-0.25, -0.2) is 0 Å². The zero-order chi connectivity index (χ0) is 7.40. The Hall–Kier alpha value is 0.350. The quantitative estimate of drug-likeness (QED) is 0.654. The summed E-state index contributed by atoms with van der Waals surface area (Å²) in [6.07, 6.45) is 0. The first-order valence-electron chi connectivity index (χ1n) is 3.03. The lowest BCUT2D eigenvalue weighted by atomic mass is 10.4. The normalized spacial score (nSPS) is 9.80. The van der Waals surface area contributed by atoms with Gasteiger partial charge in [-0.2, -0.15) is 25.3 Å². The summed E-state index contributed by atoms with van der Waals surface area (Å²) >= 11 is 8.39. The zero-order valence-corrected chi connectivity index (χ0v) is 8.17. The van der Waals surface area contributed by atoms with Crippen molar-refractivity contribution >= 4 is 33.5 Å². The third-order valence-electron chi connectivity index (χ3n) is 1.19. The van der Waals surface area contributed by atoms with Crippen LogP contribution in [-0.2, 0) is 11.5 Å². The molecule has 0 aliphatic rings. The fourth-order valence-corrected chi connectivity index (χ4v) is 2.17. The highest BCUT2D eigenvalue weighted by molar-refractivity contribution is 7.80. The van der Waals surface area contributed by atoms with Crippen LogP contribution < -0.4 is 0 Å². The van der Waals surface area contributed by atoms with Crippen LogP contribution in [0, 0.1) is 0 Å². The van der Waals surface area contributed by atoms with Crippen LogP contribution in [0.4, 0.5) is 0 Å². The molecule has 0 aliphatic carbocycles. The summed E-state index contributed by atoms with van der Waals surface area (Å²) < 4.78 is 0. The molecular formula is C7H9PS2. The highest BCUT2D eigenvalue weighted by atomic mass is 32.1. The first-order chi connectivity index (χ1) is 4.86. The molecule has 1 aromatic rings. The van der Waals surface area contributed by atoms with E-state index in [0.717, 1.165) is 11.5 Å². The molecule has 10 heavy (non-hydrogen) atoms. The van der Waals surface area contributed by atoms with E-state index in [1.165, 1.54) is 18.8 Å². The van der Waals surface area contributed by atoms with Crippen LogP contribution in [0.15, 0.2) is 18.2 Å². The Morgan fingerprint density at radius 3 is 2.00 bits per heavy atom. The predicted molar refractivity (Wildman–Crippen MR) is 54.3 cm³/mol. The van der Waals surface area contributed by atoms with Crippen molar-refractivity contribution in [1.29, 1.82) is 0 Å². The lowest BCUT2D eigenvalue weighted by molar-refractivity contribution is 1.49. The van der Waals surface area contributed by atoms with E-state index in [0.29, 0.717) is 0 Å². The largest absolute Gasteiger partial charge is 0.174 e. The van der Waals surface area contributed by atoms with Crippen molar-refractivity contribution in [2.24, 2.45) is 0 Å². The van der Waals surface area contributed by atoms with Gasteiger partial charge in [0.2, 0.25) is 0 Å². The van der Waals surface area contributed by atoms with Crippen molar-refractivity contribution in [3.8, 4) is 0 Å². The summed E-state index contributed by atoms with van der Waals surface area (Å²) in [7, 11) is 1.30. The van der Waals surface area contributed by atoms with Crippen molar-refractivity contribution < 1.29 is 0 Å². The molecule has 0 N–H and O–H groups in total. The summed E-state index contributed by atoms with van der Waals surface area (Å²) in [5, 5.41) is 2.71. The molecule has 3 heteroatoms. The van der Waals surface area contributed by atoms with Gasteiger partial charge in [-0.3, -0.25) is 0 Å². The Balaban J connectivity index is 2.87. The second-order valence-electron chi connectivity index (χ2n) is 1.94. The summed E-state index contributed by atoms with van der Waals surface area (Å²) in [4.78, 5) is 0. The Labute approximate surface area is 74.0 Å². The fourth-order valence-electron chi connectivity index (χ4n) is 0.705. The van der Waals surface area contributed by atoms with E-state index in [2.05, 4.69) is 43.5 Å². The molecule has 0 saturated heterocycles. The average Bonchev–Trinajstić information content (AvgIpc) is 2.05. The van der Waals surface area contributed by atoms with E-state index in [9.17, 15) is 0 Å². The molecule has 0 nitrogen and oxygen atoms in total. The summed E-state index contributed by atoms with van der Waals surface area (Å²) in [6.45, 7) is 0. The molecule has 1 heterocycles. The highest BCUT2D eigenvalue weighted by Crippen LogP contribution is 2.22. The van der Waals surface area contributed by atoms with Crippen LogP contribution in [0.5, 0.6) is 0 Å². The maximum Gasteiger partial charge on any atom is 0.0197 e. The second kappa shape index (κ2) is 4.27. The predicted octanol–water partition coefficient (Wildman–Crippen LogP) is 3.13. The number of rotatable bonds is 2. The van der Waals surface area contributed by atoms with Gasteiger partial charge in [0.25, 0.3) is 0 Å². The van der Waals surface area contributed by atoms with Gasteiger partial charge in [-0.1, -0.05) is 26.4 Å². The van der Waals surface area contributed by atoms with Crippen molar-refractivity contribution in [1.82, 2.24) is 0 Å². The minimum atomic E-state index is 0.850. The summed E-state index contributed by atoms with van der Waals surface area (Å²) in [6, 6.07) is 6.29. The average molecular weight is 188 g/mol. The number of hydrogen-bond donors (Lipinski definition) is 2. The van der Waals surface area contributed by atoms with Crippen molar-refractivity contribution in [2.75, 3.05) is 0 Å². The third kappa shape index (κ3) is 2.19. The number of thiol groups is 2. The third-order valence-corrected chi connectivity index (χ3v) is 3.56. The maximum absolute atomic E-state index is 4.20. The minimum absolute atomic E-state index is 0.850. The van der Waals surface area contributed by atoms with E-state index in [4.69, 9.17) is 0 Å². The van der Waals surface area contributed by atoms with Crippen molar-refractivity contribution in [3.63, 3.8) is 0 Å². The van der Waals surface area contributed by atoms with Crippen LogP contribution in [-0.4, -0.2) is 0 Å². The lowest BCUT2D eigenvalue weighted by Crippen LogP contribution is -1.73. The van der Waals surface area contributed by atoms with E-state index < -0.39 is 0 Å². The molecule has 0 spiro atoms. The van der Waals surface area contributed by atoms with Crippen molar-refractivity contribution in [3.05, 3.63) is 28.8 Å². The van der Waals surface area contributed by atoms with E-state index >= 15 is 0 Å². The molecule has 0 fully saturated rings. The molecule has 0 bridgehead atoms. The molecule has 0 saturated carbocycles. The second-order valence-corrected chi connectivity index (χ2v) is 3.94. The molecule has 1 aromatic heterocycles. The van der Waals surface area contributed by atoms with Gasteiger partial charge >= 0.3 is 0 Å². The Morgan fingerprint density at radius 1 is 1.10 bits per heavy atom. The minimum Gasteiger partial charge on any atom is -0.174 e. The fraction of sp³-hybridized carbons (Fsp3) is 0.286. The molecular weight excluding hydrogens is 179 g/mol. The van der Waals surface area contributed by atoms with Gasteiger partial charge in [0.15, 0.2) is 0 Å². The van der Waals surface area contributed by atoms with Crippen LogP contribution >= 0.6 is 33.5 Å². The van der Waals surface area contributed by atoms with E-state index in [1.807, 2.05) is 0 Å². The molecule has 0 atom stereocenters. The van der Waals surface area contributed by atoms with Gasteiger partial charge in [0, 0.05) is 11.5 Å². The first kappa shape index (κ1) is 8.45. The summed E-state index contributed by atoms with van der Waals surface area (Å²) in [5.41, 5.74) is 0. The SMILES string of the molecule is SCc1cccc(CS)p1. The molecule has 0 unspecified atom stereocenters. The molecule has 0 amide bonds. The number of hydrogen-bond acceptors (Lipinski definition) is 2. The zero-order valence-electron chi connectivity index (χ0n) is 5.49. The van der Waals surface area contributed by atoms with E-state index in [1.54, 1.807) is 0 Å². The van der Waals surface area contributed by atoms with Gasteiger partial charge in [0.05, 0.1) is 0 Å². The van der Waals surface area contributed by atoms with Crippen molar-refractivity contribution in [2.45, 2.75) is 11.5 Å². The monoisotopic (exact) mass is 188 g/mol. The molecule has 0 radical (unpaired) electrons. The Bertz CT molecular complexity index is 193. The van der Waals surface area contributed by atoms with Crippen LogP contribution in [0.3, 0.4) is 0 Å². The molecule has 0 aromatic carbocycles. The smallest absolute Gasteiger partial charge is 0.0197 e. The van der Waals surface area contributed by atoms with Gasteiger partial charge in [-0.15, -0.1) is 0 Å². The molecule has 1 rings (SSSR count). The van der Waals surface area contributed by atoms with Gasteiger partial charge in [-0.05, 0) is 10.6 Å². The first-order valence-corrected chi connectivity index (χ1v) is 5.19. The molecule has 0 aliphatic heterocycles. The van der Waals surface area contributed by atoms with Crippen LogP contribution in [0.2, 0.25) is 0 Å². The standard InChI is InChI=1S/C7H9PS2/c9-4-6-2-1-3-7(5-10)8-6/h1-3,9-10H,4-5H2. The molecule has 54 valence electrons. The van der Waals surface area contributed by atoms with Gasteiger partial charge in [0.1, 0.15) is 0 Å². The van der Waals surface area contributed by atoms with Crippen LogP contribution in [0.1, 0.15) is 10.6 Å². The maximum atomic E-state index is 4.20. The highest BCUT2D eigenvalue weighted by Gasteiger charge is 1.91. The van der Waals surface area contributed by atoms with Crippen LogP contribution in [0.25, 0.3) is 0 Å². The van der Waals surface area contributed by atoms with E-state index in [-0.39, 0.29) is 0 Å². The Morgan fingerprint density at radius 2 is 1.60 bits per heavy atom. The topological polar surface area (TPSA) is 0 Å². The Kier molecular flexibility index (Phi) is 3.61.